The fraction of sp³-hybridized carbons (Fsp3) is 0.600. The molecule has 1 aliphatic carbocycles. The zero-order valence-corrected chi connectivity index (χ0v) is 19.5. The van der Waals surface area contributed by atoms with Crippen LogP contribution in [0.3, 0.4) is 0 Å². The summed E-state index contributed by atoms with van der Waals surface area (Å²) in [6, 6.07) is 8.07. The largest absolute Gasteiger partial charge is 0.479 e. The quantitative estimate of drug-likeness (QED) is 0.268. The van der Waals surface area contributed by atoms with E-state index in [1.54, 1.807) is 0 Å². The highest BCUT2D eigenvalue weighted by Gasteiger charge is 2.22. The first-order valence-corrected chi connectivity index (χ1v) is 12.3. The molecule has 1 aromatic heterocycles. The topological polar surface area (TPSA) is 35.0 Å². The van der Waals surface area contributed by atoms with Crippen LogP contribution in [0, 0.1) is 5.92 Å². The summed E-state index contributed by atoms with van der Waals surface area (Å²) in [6.07, 6.45) is 17.0. The van der Waals surface area contributed by atoms with Crippen LogP contribution in [0.15, 0.2) is 36.7 Å². The molecule has 0 aliphatic heterocycles. The van der Waals surface area contributed by atoms with E-state index in [1.165, 1.54) is 56.9 Å². The Balaban J connectivity index is 1.57. The van der Waals surface area contributed by atoms with Crippen LogP contribution in [0.1, 0.15) is 89.5 Å². The first kappa shape index (κ1) is 22.3. The summed E-state index contributed by atoms with van der Waals surface area (Å²) in [4.78, 5) is 9.36. The van der Waals surface area contributed by atoms with Gasteiger partial charge in [-0.2, -0.15) is 0 Å². The van der Waals surface area contributed by atoms with Crippen LogP contribution in [0.4, 0.5) is 0 Å². The molecule has 1 heterocycles. The highest BCUT2D eigenvalue weighted by atomic mass is 79.9. The Hall–Kier alpha value is -1.42. The third kappa shape index (κ3) is 6.80. The predicted molar refractivity (Wildman–Crippen MR) is 125 cm³/mol. The number of benzene rings is 1. The van der Waals surface area contributed by atoms with Gasteiger partial charge in [-0.3, -0.25) is 0 Å². The van der Waals surface area contributed by atoms with Crippen LogP contribution in [0.5, 0.6) is 5.75 Å². The average molecular weight is 459 g/mol. The molecule has 1 saturated carbocycles. The lowest BCUT2D eigenvalue weighted by Crippen LogP contribution is -2.14. The molecule has 29 heavy (non-hydrogen) atoms. The second kappa shape index (κ2) is 11.7. The van der Waals surface area contributed by atoms with Gasteiger partial charge in [-0.25, -0.2) is 9.97 Å². The van der Waals surface area contributed by atoms with Crippen molar-refractivity contribution in [2.45, 2.75) is 89.0 Å². The molecule has 3 rings (SSSR count). The molecular formula is C25H35BrN2O. The Morgan fingerprint density at radius 2 is 1.79 bits per heavy atom. The molecule has 0 bridgehead atoms. The van der Waals surface area contributed by atoms with Crippen LogP contribution in [-0.4, -0.2) is 15.0 Å². The summed E-state index contributed by atoms with van der Waals surface area (Å²) >= 11 is 3.58. The number of unbranched alkanes of at least 4 members (excludes halogenated alkanes) is 2. The van der Waals surface area contributed by atoms with Crippen LogP contribution in [-0.2, 0) is 0 Å². The standard InChI is InChI=1S/C25H35BrN2O/c1-3-5-6-9-19-12-14-20(15-13-19)22-17-27-25(28-18-22)21-10-7-11-23(16-21)29-24(26)8-4-2/h7,10-11,16-20,24H,3-6,8-9,12-15H2,1-2H3. The second-order valence-electron chi connectivity index (χ2n) is 8.40. The van der Waals surface area contributed by atoms with Gasteiger partial charge in [0.05, 0.1) is 0 Å². The predicted octanol–water partition coefficient (Wildman–Crippen LogP) is 7.90. The molecule has 158 valence electrons. The Morgan fingerprint density at radius 1 is 1.03 bits per heavy atom. The van der Waals surface area contributed by atoms with Crippen molar-refractivity contribution in [2.24, 2.45) is 5.92 Å². The van der Waals surface area contributed by atoms with Crippen LogP contribution >= 0.6 is 15.9 Å². The van der Waals surface area contributed by atoms with E-state index in [4.69, 9.17) is 4.74 Å². The minimum absolute atomic E-state index is 0.0446. The third-order valence-corrected chi connectivity index (χ3v) is 6.72. The van der Waals surface area contributed by atoms with Crippen molar-refractivity contribution in [1.82, 2.24) is 9.97 Å². The monoisotopic (exact) mass is 458 g/mol. The SMILES string of the molecule is CCCCCC1CCC(c2cnc(-c3cccc(OC(Br)CCC)c3)nc2)CC1. The molecular weight excluding hydrogens is 424 g/mol. The normalized spacial score (nSPS) is 20.4. The lowest BCUT2D eigenvalue weighted by molar-refractivity contribution is 0.282. The van der Waals surface area contributed by atoms with Gasteiger partial charge in [0, 0.05) is 18.0 Å². The zero-order chi connectivity index (χ0) is 20.5. The molecule has 0 N–H and O–H groups in total. The molecule has 3 nitrogen and oxygen atoms in total. The van der Waals surface area contributed by atoms with Gasteiger partial charge in [-0.1, -0.05) is 58.1 Å². The summed E-state index contributed by atoms with van der Waals surface area (Å²) in [6.45, 7) is 4.44. The van der Waals surface area contributed by atoms with Gasteiger partial charge >= 0.3 is 0 Å². The molecule has 0 saturated heterocycles. The number of alkyl halides is 1. The maximum Gasteiger partial charge on any atom is 0.159 e. The lowest BCUT2D eigenvalue weighted by atomic mass is 9.77. The van der Waals surface area contributed by atoms with Crippen molar-refractivity contribution in [1.29, 1.82) is 0 Å². The minimum Gasteiger partial charge on any atom is -0.479 e. The fourth-order valence-electron chi connectivity index (χ4n) is 4.31. The van der Waals surface area contributed by atoms with E-state index in [9.17, 15) is 0 Å². The summed E-state index contributed by atoms with van der Waals surface area (Å²) in [5, 5.41) is 0.0446. The molecule has 0 radical (unpaired) electrons. The number of halogens is 1. The maximum absolute atomic E-state index is 5.94. The van der Waals surface area contributed by atoms with Gasteiger partial charge in [0.25, 0.3) is 0 Å². The van der Waals surface area contributed by atoms with E-state index in [0.29, 0.717) is 5.92 Å². The lowest BCUT2D eigenvalue weighted by Gasteiger charge is -2.28. The van der Waals surface area contributed by atoms with E-state index >= 15 is 0 Å². The smallest absolute Gasteiger partial charge is 0.159 e. The average Bonchev–Trinajstić information content (AvgIpc) is 2.75. The second-order valence-corrected chi connectivity index (χ2v) is 9.42. The minimum atomic E-state index is 0.0446. The van der Waals surface area contributed by atoms with E-state index < -0.39 is 0 Å². The van der Waals surface area contributed by atoms with Crippen LogP contribution < -0.4 is 4.74 Å². The van der Waals surface area contributed by atoms with Gasteiger partial charge in [-0.15, -0.1) is 0 Å². The van der Waals surface area contributed by atoms with E-state index in [1.807, 2.05) is 36.7 Å². The Morgan fingerprint density at radius 3 is 2.48 bits per heavy atom. The van der Waals surface area contributed by atoms with E-state index in [2.05, 4.69) is 39.7 Å². The summed E-state index contributed by atoms with van der Waals surface area (Å²) in [5.74, 6) is 3.19. The van der Waals surface area contributed by atoms with Gasteiger partial charge < -0.3 is 4.74 Å². The van der Waals surface area contributed by atoms with Crippen molar-refractivity contribution < 1.29 is 4.74 Å². The maximum atomic E-state index is 5.94. The highest BCUT2D eigenvalue weighted by Crippen LogP contribution is 2.37. The van der Waals surface area contributed by atoms with E-state index in [-0.39, 0.29) is 5.01 Å². The fourth-order valence-corrected chi connectivity index (χ4v) is 4.98. The Bertz CT molecular complexity index is 726. The molecule has 1 aliphatic rings. The van der Waals surface area contributed by atoms with E-state index in [0.717, 1.165) is 35.9 Å². The van der Waals surface area contributed by atoms with Gasteiger partial charge in [-0.05, 0) is 77.6 Å². The molecule has 2 aromatic rings. The summed E-state index contributed by atoms with van der Waals surface area (Å²) in [7, 11) is 0. The van der Waals surface area contributed by atoms with Crippen molar-refractivity contribution in [3.8, 4) is 17.1 Å². The molecule has 1 aromatic carbocycles. The van der Waals surface area contributed by atoms with Gasteiger partial charge in [0.1, 0.15) is 5.75 Å². The third-order valence-electron chi connectivity index (χ3n) is 6.08. The van der Waals surface area contributed by atoms with Crippen LogP contribution in [0.25, 0.3) is 11.4 Å². The van der Waals surface area contributed by atoms with Crippen molar-refractivity contribution >= 4 is 15.9 Å². The molecule has 0 spiro atoms. The Labute approximate surface area is 184 Å². The number of hydrogen-bond donors (Lipinski definition) is 0. The number of ether oxygens (including phenoxy) is 1. The molecule has 0 amide bonds. The zero-order valence-electron chi connectivity index (χ0n) is 17.9. The summed E-state index contributed by atoms with van der Waals surface area (Å²) < 4.78 is 5.94. The van der Waals surface area contributed by atoms with Gasteiger partial charge in [0.15, 0.2) is 10.8 Å². The molecule has 1 unspecified atom stereocenters. The number of hydrogen-bond acceptors (Lipinski definition) is 3. The van der Waals surface area contributed by atoms with Crippen molar-refractivity contribution in [3.63, 3.8) is 0 Å². The highest BCUT2D eigenvalue weighted by molar-refractivity contribution is 9.09. The first-order valence-electron chi connectivity index (χ1n) is 11.4. The molecule has 4 heteroatoms. The number of nitrogens with zero attached hydrogens (tertiary/aromatic N) is 2. The number of rotatable bonds is 10. The van der Waals surface area contributed by atoms with Gasteiger partial charge in [0.2, 0.25) is 0 Å². The molecule has 1 fully saturated rings. The first-order chi connectivity index (χ1) is 14.2. The van der Waals surface area contributed by atoms with Crippen molar-refractivity contribution in [3.05, 3.63) is 42.2 Å². The molecule has 1 atom stereocenters. The van der Waals surface area contributed by atoms with Crippen molar-refractivity contribution in [2.75, 3.05) is 0 Å². The Kier molecular flexibility index (Phi) is 8.97. The number of aromatic nitrogens is 2. The summed E-state index contributed by atoms with van der Waals surface area (Å²) in [5.41, 5.74) is 2.31. The van der Waals surface area contributed by atoms with Crippen LogP contribution in [0.2, 0.25) is 0 Å².